The molecule has 0 heterocycles. The van der Waals surface area contributed by atoms with Gasteiger partial charge in [0, 0.05) is 30.3 Å². The zero-order chi connectivity index (χ0) is 14.8. The summed E-state index contributed by atoms with van der Waals surface area (Å²) in [5, 5.41) is 8.62. The van der Waals surface area contributed by atoms with Crippen LogP contribution in [0.3, 0.4) is 0 Å². The third kappa shape index (κ3) is 7.05. The van der Waals surface area contributed by atoms with E-state index < -0.39 is 0 Å². The molecule has 0 bridgehead atoms. The van der Waals surface area contributed by atoms with Gasteiger partial charge in [0.05, 0.1) is 11.2 Å². The van der Waals surface area contributed by atoms with Crippen molar-refractivity contribution >= 4 is 46.7 Å². The summed E-state index contributed by atoms with van der Waals surface area (Å²) in [7, 11) is 0. The normalized spacial score (nSPS) is 10.8. The first-order chi connectivity index (χ1) is 9.63. The quantitative estimate of drug-likeness (QED) is 0.348. The Kier molecular flexibility index (Phi) is 8.53. The standard InChI is InChI=1S/C13H17Cl2N3OS/c1-2-19-7-3-6-16-13(20)18-17-9-10-4-5-11(14)8-12(10)15/h4-5,8-9H,2-3,6-7H2,1H3,(H2,16,18,20)/b17-9-. The summed E-state index contributed by atoms with van der Waals surface area (Å²) < 4.78 is 5.22. The first-order valence-corrected chi connectivity index (χ1v) is 7.39. The van der Waals surface area contributed by atoms with E-state index in [9.17, 15) is 0 Å². The molecule has 0 aliphatic rings. The van der Waals surface area contributed by atoms with Crippen LogP contribution in [0, 0.1) is 0 Å². The molecule has 0 saturated carbocycles. The molecule has 2 N–H and O–H groups in total. The Hall–Kier alpha value is -0.880. The average molecular weight is 334 g/mol. The Bertz CT molecular complexity index is 469. The Balaban J connectivity index is 2.28. The summed E-state index contributed by atoms with van der Waals surface area (Å²) in [5.41, 5.74) is 3.49. The minimum Gasteiger partial charge on any atom is -0.382 e. The summed E-state index contributed by atoms with van der Waals surface area (Å²) in [4.78, 5) is 0. The molecule has 0 radical (unpaired) electrons. The van der Waals surface area contributed by atoms with Gasteiger partial charge in [0.1, 0.15) is 0 Å². The number of hydrazone groups is 1. The van der Waals surface area contributed by atoms with E-state index in [2.05, 4.69) is 15.8 Å². The lowest BCUT2D eigenvalue weighted by atomic mass is 10.2. The van der Waals surface area contributed by atoms with Crippen LogP contribution in [0.1, 0.15) is 18.9 Å². The van der Waals surface area contributed by atoms with Crippen LogP contribution < -0.4 is 10.7 Å². The second kappa shape index (κ2) is 9.94. The highest BCUT2D eigenvalue weighted by molar-refractivity contribution is 7.80. The van der Waals surface area contributed by atoms with Crippen LogP contribution in [0.4, 0.5) is 0 Å². The maximum absolute atomic E-state index is 6.01. The van der Waals surface area contributed by atoms with Crippen LogP contribution in [-0.4, -0.2) is 31.1 Å². The van der Waals surface area contributed by atoms with Crippen LogP contribution in [0.5, 0.6) is 0 Å². The maximum Gasteiger partial charge on any atom is 0.186 e. The fourth-order valence-corrected chi connectivity index (χ4v) is 1.94. The van der Waals surface area contributed by atoms with Gasteiger partial charge < -0.3 is 10.1 Å². The van der Waals surface area contributed by atoms with Gasteiger partial charge in [0.2, 0.25) is 0 Å². The molecule has 1 rings (SSSR count). The van der Waals surface area contributed by atoms with E-state index in [1.54, 1.807) is 24.4 Å². The lowest BCUT2D eigenvalue weighted by molar-refractivity contribution is 0.145. The van der Waals surface area contributed by atoms with Gasteiger partial charge in [0.25, 0.3) is 0 Å². The average Bonchev–Trinajstić information content (AvgIpc) is 2.41. The van der Waals surface area contributed by atoms with Crippen molar-refractivity contribution in [1.82, 2.24) is 10.7 Å². The lowest BCUT2D eigenvalue weighted by Gasteiger charge is -2.06. The van der Waals surface area contributed by atoms with Gasteiger partial charge in [-0.15, -0.1) is 0 Å². The second-order valence-electron chi connectivity index (χ2n) is 3.84. The molecule has 0 atom stereocenters. The Morgan fingerprint density at radius 2 is 2.25 bits per heavy atom. The van der Waals surface area contributed by atoms with Gasteiger partial charge in [0.15, 0.2) is 5.11 Å². The molecule has 0 spiro atoms. The summed E-state index contributed by atoms with van der Waals surface area (Å²) >= 11 is 16.9. The molecule has 0 fully saturated rings. The third-order valence-electron chi connectivity index (χ3n) is 2.29. The van der Waals surface area contributed by atoms with E-state index in [1.165, 1.54) is 0 Å². The van der Waals surface area contributed by atoms with E-state index in [0.29, 0.717) is 15.2 Å². The van der Waals surface area contributed by atoms with Gasteiger partial charge in [-0.25, -0.2) is 0 Å². The first kappa shape index (κ1) is 17.2. The predicted octanol–water partition coefficient (Wildman–Crippen LogP) is 3.22. The molecule has 0 aliphatic heterocycles. The number of benzene rings is 1. The van der Waals surface area contributed by atoms with E-state index in [1.807, 2.05) is 6.92 Å². The van der Waals surface area contributed by atoms with E-state index in [-0.39, 0.29) is 0 Å². The number of rotatable bonds is 7. The highest BCUT2D eigenvalue weighted by Crippen LogP contribution is 2.19. The molecule has 0 amide bonds. The molecule has 4 nitrogen and oxygen atoms in total. The first-order valence-electron chi connectivity index (χ1n) is 6.23. The molecular formula is C13H17Cl2N3OS. The molecule has 20 heavy (non-hydrogen) atoms. The zero-order valence-electron chi connectivity index (χ0n) is 11.2. The van der Waals surface area contributed by atoms with Gasteiger partial charge in [-0.2, -0.15) is 5.10 Å². The number of nitrogens with zero attached hydrogens (tertiary/aromatic N) is 1. The lowest BCUT2D eigenvalue weighted by Crippen LogP contribution is -2.33. The fraction of sp³-hybridized carbons (Fsp3) is 0.385. The van der Waals surface area contributed by atoms with Crippen LogP contribution in [0.25, 0.3) is 0 Å². The van der Waals surface area contributed by atoms with E-state index in [4.69, 9.17) is 40.2 Å². The Labute approximate surface area is 134 Å². The van der Waals surface area contributed by atoms with E-state index in [0.717, 1.165) is 31.7 Å². The largest absolute Gasteiger partial charge is 0.382 e. The number of nitrogens with one attached hydrogen (secondary N) is 2. The topological polar surface area (TPSA) is 45.6 Å². The van der Waals surface area contributed by atoms with Gasteiger partial charge in [-0.1, -0.05) is 29.3 Å². The summed E-state index contributed by atoms with van der Waals surface area (Å²) in [6.45, 7) is 4.16. The molecule has 1 aromatic rings. The summed E-state index contributed by atoms with van der Waals surface area (Å²) in [6, 6.07) is 5.20. The minimum atomic E-state index is 0.461. The summed E-state index contributed by atoms with van der Waals surface area (Å²) in [5.74, 6) is 0. The van der Waals surface area contributed by atoms with Crippen molar-refractivity contribution in [3.05, 3.63) is 33.8 Å². The number of hydrogen-bond acceptors (Lipinski definition) is 3. The van der Waals surface area contributed by atoms with Gasteiger partial charge >= 0.3 is 0 Å². The second-order valence-corrected chi connectivity index (χ2v) is 5.09. The highest BCUT2D eigenvalue weighted by atomic mass is 35.5. The molecule has 110 valence electrons. The molecule has 0 aliphatic carbocycles. The number of hydrogen-bond donors (Lipinski definition) is 2. The Morgan fingerprint density at radius 3 is 2.95 bits per heavy atom. The Morgan fingerprint density at radius 1 is 1.45 bits per heavy atom. The fourth-order valence-electron chi connectivity index (χ4n) is 1.33. The molecule has 7 heteroatoms. The smallest absolute Gasteiger partial charge is 0.186 e. The van der Waals surface area contributed by atoms with Crippen LogP contribution in [0.15, 0.2) is 23.3 Å². The molecule has 1 aromatic carbocycles. The molecule has 0 aromatic heterocycles. The van der Waals surface area contributed by atoms with Crippen LogP contribution in [-0.2, 0) is 4.74 Å². The van der Waals surface area contributed by atoms with Crippen molar-refractivity contribution in [2.75, 3.05) is 19.8 Å². The van der Waals surface area contributed by atoms with Crippen molar-refractivity contribution in [1.29, 1.82) is 0 Å². The predicted molar refractivity (Wildman–Crippen MR) is 88.9 cm³/mol. The number of thiocarbonyl (C=S) groups is 1. The molecule has 0 saturated heterocycles. The SMILES string of the molecule is CCOCCCNC(=S)N/N=C\c1ccc(Cl)cc1Cl. The maximum atomic E-state index is 6.01. The third-order valence-corrected chi connectivity index (χ3v) is 3.09. The summed E-state index contributed by atoms with van der Waals surface area (Å²) in [6.07, 6.45) is 2.48. The van der Waals surface area contributed by atoms with Gasteiger partial charge in [-0.3, -0.25) is 5.43 Å². The van der Waals surface area contributed by atoms with Crippen molar-refractivity contribution in [2.45, 2.75) is 13.3 Å². The van der Waals surface area contributed by atoms with E-state index >= 15 is 0 Å². The monoisotopic (exact) mass is 333 g/mol. The number of ether oxygens (including phenoxy) is 1. The molecule has 0 unspecified atom stereocenters. The molecular weight excluding hydrogens is 317 g/mol. The zero-order valence-corrected chi connectivity index (χ0v) is 13.5. The number of halogens is 2. The van der Waals surface area contributed by atoms with Crippen LogP contribution in [0.2, 0.25) is 10.0 Å². The van der Waals surface area contributed by atoms with Crippen molar-refractivity contribution in [3.63, 3.8) is 0 Å². The van der Waals surface area contributed by atoms with Gasteiger partial charge in [-0.05, 0) is 37.7 Å². The highest BCUT2D eigenvalue weighted by Gasteiger charge is 1.98. The van der Waals surface area contributed by atoms with Crippen molar-refractivity contribution in [2.24, 2.45) is 5.10 Å². The van der Waals surface area contributed by atoms with Crippen molar-refractivity contribution < 1.29 is 4.74 Å². The minimum absolute atomic E-state index is 0.461. The van der Waals surface area contributed by atoms with Crippen LogP contribution >= 0.6 is 35.4 Å². The van der Waals surface area contributed by atoms with Crippen molar-refractivity contribution in [3.8, 4) is 0 Å².